The monoisotopic (exact) mass is 351 g/mol. The Hall–Kier alpha value is -2.86. The second kappa shape index (κ2) is 6.57. The maximum Gasteiger partial charge on any atom is 0.174 e. The number of furan rings is 1. The Kier molecular flexibility index (Phi) is 4.11. The number of anilines is 1. The van der Waals surface area contributed by atoms with E-state index in [-0.39, 0.29) is 12.1 Å². The van der Waals surface area contributed by atoms with Gasteiger partial charge in [-0.1, -0.05) is 12.1 Å². The van der Waals surface area contributed by atoms with Gasteiger partial charge in [-0.25, -0.2) is 0 Å². The number of hydrogen-bond donors (Lipinski definition) is 1. The molecule has 25 heavy (non-hydrogen) atoms. The first-order chi connectivity index (χ1) is 12.3. The lowest BCUT2D eigenvalue weighted by molar-refractivity contribution is 0.414. The van der Waals surface area contributed by atoms with E-state index in [2.05, 4.69) is 15.2 Å². The topological polar surface area (TPSA) is 50.5 Å². The molecular weight excluding hydrogens is 334 g/mol. The molecule has 0 saturated carbocycles. The molecule has 4 rings (SSSR count). The zero-order chi connectivity index (χ0) is 17.2. The Balaban J connectivity index is 1.80. The van der Waals surface area contributed by atoms with Gasteiger partial charge in [0.25, 0.3) is 0 Å². The van der Waals surface area contributed by atoms with Crippen LogP contribution >= 0.6 is 12.2 Å². The zero-order valence-corrected chi connectivity index (χ0v) is 14.4. The first-order valence-electron chi connectivity index (χ1n) is 7.96. The summed E-state index contributed by atoms with van der Waals surface area (Å²) >= 11 is 5.63. The molecule has 0 amide bonds. The number of hydrogen-bond acceptors (Lipinski definition) is 4. The summed E-state index contributed by atoms with van der Waals surface area (Å²) in [5.74, 6) is 1.60. The highest BCUT2D eigenvalue weighted by Crippen LogP contribution is 2.42. The van der Waals surface area contributed by atoms with Gasteiger partial charge in [-0.2, -0.15) is 0 Å². The van der Waals surface area contributed by atoms with Gasteiger partial charge in [-0.05, 0) is 48.6 Å². The molecule has 5 nitrogen and oxygen atoms in total. The van der Waals surface area contributed by atoms with Crippen molar-refractivity contribution in [2.24, 2.45) is 0 Å². The molecule has 0 aliphatic carbocycles. The minimum atomic E-state index is -0.135. The highest BCUT2D eigenvalue weighted by atomic mass is 32.1. The lowest BCUT2D eigenvalue weighted by Crippen LogP contribution is -2.29. The van der Waals surface area contributed by atoms with E-state index in [1.54, 1.807) is 19.6 Å². The van der Waals surface area contributed by atoms with Crippen molar-refractivity contribution < 1.29 is 9.15 Å². The molecule has 1 N–H and O–H groups in total. The maximum atomic E-state index is 5.73. The highest BCUT2D eigenvalue weighted by molar-refractivity contribution is 7.80. The molecule has 0 spiro atoms. The van der Waals surface area contributed by atoms with E-state index in [0.29, 0.717) is 5.11 Å². The van der Waals surface area contributed by atoms with E-state index < -0.39 is 0 Å². The molecule has 2 aromatic heterocycles. The van der Waals surface area contributed by atoms with Crippen molar-refractivity contribution >= 4 is 23.0 Å². The summed E-state index contributed by atoms with van der Waals surface area (Å²) in [7, 11) is 1.65. The van der Waals surface area contributed by atoms with Crippen LogP contribution in [-0.2, 0) is 0 Å². The molecule has 1 aliphatic heterocycles. The van der Waals surface area contributed by atoms with Gasteiger partial charge < -0.3 is 19.4 Å². The van der Waals surface area contributed by atoms with Crippen molar-refractivity contribution in [1.82, 2.24) is 10.3 Å². The third-order valence-corrected chi connectivity index (χ3v) is 4.58. The largest absolute Gasteiger partial charge is 0.497 e. The van der Waals surface area contributed by atoms with Crippen LogP contribution < -0.4 is 15.0 Å². The third kappa shape index (κ3) is 2.85. The Morgan fingerprint density at radius 3 is 2.80 bits per heavy atom. The molecule has 2 atom stereocenters. The van der Waals surface area contributed by atoms with E-state index in [0.717, 1.165) is 22.9 Å². The molecule has 1 fully saturated rings. The first-order valence-corrected chi connectivity index (χ1v) is 8.37. The normalized spacial score (nSPS) is 19.7. The number of nitrogens with zero attached hydrogens (tertiary/aromatic N) is 2. The van der Waals surface area contributed by atoms with Gasteiger partial charge in [-0.15, -0.1) is 0 Å². The maximum absolute atomic E-state index is 5.73. The van der Waals surface area contributed by atoms with Crippen LogP contribution in [0.3, 0.4) is 0 Å². The molecule has 3 heterocycles. The van der Waals surface area contributed by atoms with Gasteiger partial charge >= 0.3 is 0 Å². The average molecular weight is 351 g/mol. The Morgan fingerprint density at radius 2 is 2.08 bits per heavy atom. The lowest BCUT2D eigenvalue weighted by atomic mass is 10.0. The average Bonchev–Trinajstić information content (AvgIpc) is 3.30. The van der Waals surface area contributed by atoms with Crippen LogP contribution in [0.4, 0.5) is 5.69 Å². The first kappa shape index (κ1) is 15.7. The summed E-state index contributed by atoms with van der Waals surface area (Å²) in [6.07, 6.45) is 3.46. The van der Waals surface area contributed by atoms with Crippen molar-refractivity contribution in [3.8, 4) is 5.75 Å². The molecule has 6 heteroatoms. The number of rotatable bonds is 4. The van der Waals surface area contributed by atoms with Gasteiger partial charge in [0.2, 0.25) is 0 Å². The van der Waals surface area contributed by atoms with E-state index in [9.17, 15) is 0 Å². The predicted octanol–water partition coefficient (Wildman–Crippen LogP) is 3.86. The minimum Gasteiger partial charge on any atom is -0.497 e. The number of ether oxygens (including phenoxy) is 1. The zero-order valence-electron chi connectivity index (χ0n) is 13.6. The fourth-order valence-electron chi connectivity index (χ4n) is 3.14. The van der Waals surface area contributed by atoms with Crippen LogP contribution in [0, 0.1) is 0 Å². The molecular formula is C19H17N3O2S. The summed E-state index contributed by atoms with van der Waals surface area (Å²) in [6, 6.07) is 17.3. The van der Waals surface area contributed by atoms with Crippen molar-refractivity contribution in [3.05, 3.63) is 78.5 Å². The summed E-state index contributed by atoms with van der Waals surface area (Å²) in [5.41, 5.74) is 1.85. The summed E-state index contributed by atoms with van der Waals surface area (Å²) in [4.78, 5) is 6.55. The van der Waals surface area contributed by atoms with Gasteiger partial charge in [-0.3, -0.25) is 4.98 Å². The van der Waals surface area contributed by atoms with E-state index in [1.165, 1.54) is 0 Å². The van der Waals surface area contributed by atoms with Crippen LogP contribution in [0.25, 0.3) is 0 Å². The van der Waals surface area contributed by atoms with Crippen LogP contribution in [0.15, 0.2) is 71.5 Å². The Labute approximate surface area is 151 Å². The van der Waals surface area contributed by atoms with Gasteiger partial charge in [0.15, 0.2) is 5.11 Å². The standard InChI is InChI=1S/C19H17N3O2S/c1-23-14-7-4-6-13(12-14)22-18(16-9-5-11-24-16)17(21-19(22)25)15-8-2-3-10-20-15/h2-12,17-18H,1H3,(H,21,25). The van der Waals surface area contributed by atoms with E-state index >= 15 is 0 Å². The Bertz CT molecular complexity index is 867. The van der Waals surface area contributed by atoms with Crippen molar-refractivity contribution in [1.29, 1.82) is 0 Å². The Morgan fingerprint density at radius 1 is 1.16 bits per heavy atom. The predicted molar refractivity (Wildman–Crippen MR) is 99.6 cm³/mol. The molecule has 0 radical (unpaired) electrons. The quantitative estimate of drug-likeness (QED) is 0.721. The SMILES string of the molecule is COc1cccc(N2C(=S)NC(c3ccccn3)C2c2ccco2)c1. The second-order valence-corrected chi connectivity index (χ2v) is 6.10. The number of pyridine rings is 1. The van der Waals surface area contributed by atoms with Gasteiger partial charge in [0, 0.05) is 18.0 Å². The molecule has 126 valence electrons. The summed E-state index contributed by atoms with van der Waals surface area (Å²) in [5, 5.41) is 4.02. The van der Waals surface area contributed by atoms with Gasteiger partial charge in [0.1, 0.15) is 17.6 Å². The number of aromatic nitrogens is 1. The second-order valence-electron chi connectivity index (χ2n) is 5.71. The van der Waals surface area contributed by atoms with Crippen LogP contribution in [0.1, 0.15) is 23.5 Å². The van der Waals surface area contributed by atoms with Crippen molar-refractivity contribution in [2.75, 3.05) is 12.0 Å². The molecule has 1 aromatic carbocycles. The van der Waals surface area contributed by atoms with E-state index in [1.807, 2.05) is 54.6 Å². The van der Waals surface area contributed by atoms with Crippen LogP contribution in [-0.4, -0.2) is 17.2 Å². The molecule has 0 bridgehead atoms. The fraction of sp³-hybridized carbons (Fsp3) is 0.158. The number of methoxy groups -OCH3 is 1. The fourth-order valence-corrected chi connectivity index (χ4v) is 3.49. The molecule has 1 saturated heterocycles. The third-order valence-electron chi connectivity index (χ3n) is 4.26. The van der Waals surface area contributed by atoms with Crippen LogP contribution in [0.2, 0.25) is 0 Å². The molecule has 1 aliphatic rings. The number of thiocarbonyl (C=S) groups is 1. The smallest absolute Gasteiger partial charge is 0.174 e. The number of nitrogens with one attached hydrogen (secondary N) is 1. The van der Waals surface area contributed by atoms with Crippen LogP contribution in [0.5, 0.6) is 5.75 Å². The number of benzene rings is 1. The highest BCUT2D eigenvalue weighted by Gasteiger charge is 2.42. The van der Waals surface area contributed by atoms with Crippen molar-refractivity contribution in [2.45, 2.75) is 12.1 Å². The van der Waals surface area contributed by atoms with Crippen molar-refractivity contribution in [3.63, 3.8) is 0 Å². The van der Waals surface area contributed by atoms with E-state index in [4.69, 9.17) is 21.4 Å². The molecule has 3 aromatic rings. The lowest BCUT2D eigenvalue weighted by Gasteiger charge is -2.26. The molecule has 2 unspecified atom stereocenters. The summed E-state index contributed by atoms with van der Waals surface area (Å²) < 4.78 is 11.1. The minimum absolute atomic E-state index is 0.106. The van der Waals surface area contributed by atoms with Gasteiger partial charge in [0.05, 0.1) is 25.1 Å². The summed E-state index contributed by atoms with van der Waals surface area (Å²) in [6.45, 7) is 0.